The summed E-state index contributed by atoms with van der Waals surface area (Å²) in [6.45, 7) is 0. The van der Waals surface area contributed by atoms with E-state index in [4.69, 9.17) is 23.2 Å². The monoisotopic (exact) mass is 317 g/mol. The number of rotatable bonds is 3. The first-order valence-corrected chi connectivity index (χ1v) is 6.42. The van der Waals surface area contributed by atoms with Crippen molar-refractivity contribution in [3.63, 3.8) is 0 Å². The molecule has 1 N–H and O–H groups in total. The van der Waals surface area contributed by atoms with Crippen LogP contribution >= 0.6 is 34.5 Å². The standard InChI is InChI=1S/C10H5Cl2N3O3S/c11-7-3-1-5(15(17)18)9(13-7)14-10(16)6-2-4-8(12)19-6/h1-4H,(H,13,14,16). The molecule has 9 heteroatoms. The van der Waals surface area contributed by atoms with Gasteiger partial charge < -0.3 is 5.32 Å². The van der Waals surface area contributed by atoms with Gasteiger partial charge in [0.1, 0.15) is 5.15 Å². The van der Waals surface area contributed by atoms with E-state index in [-0.39, 0.29) is 16.7 Å². The lowest BCUT2D eigenvalue weighted by atomic mass is 10.3. The average Bonchev–Trinajstić information content (AvgIpc) is 2.75. The van der Waals surface area contributed by atoms with Gasteiger partial charge in [-0.15, -0.1) is 11.3 Å². The number of nitro groups is 1. The highest BCUT2D eigenvalue weighted by Crippen LogP contribution is 2.26. The summed E-state index contributed by atoms with van der Waals surface area (Å²) in [5.41, 5.74) is -0.333. The van der Waals surface area contributed by atoms with Crippen molar-refractivity contribution < 1.29 is 9.72 Å². The van der Waals surface area contributed by atoms with E-state index in [0.717, 1.165) is 11.3 Å². The predicted octanol–water partition coefficient (Wildman–Crippen LogP) is 3.61. The summed E-state index contributed by atoms with van der Waals surface area (Å²) >= 11 is 12.4. The number of hydrogen-bond acceptors (Lipinski definition) is 5. The molecule has 19 heavy (non-hydrogen) atoms. The molecular formula is C10H5Cl2N3O3S. The zero-order valence-corrected chi connectivity index (χ0v) is 11.4. The molecule has 1 amide bonds. The van der Waals surface area contributed by atoms with Gasteiger partial charge in [-0.2, -0.15) is 0 Å². The Morgan fingerprint density at radius 2 is 2.05 bits per heavy atom. The summed E-state index contributed by atoms with van der Waals surface area (Å²) in [4.78, 5) is 26.1. The van der Waals surface area contributed by atoms with Crippen molar-refractivity contribution >= 4 is 52.0 Å². The van der Waals surface area contributed by atoms with Crippen molar-refractivity contribution in [1.29, 1.82) is 0 Å². The lowest BCUT2D eigenvalue weighted by Gasteiger charge is -2.03. The molecule has 0 aliphatic rings. The summed E-state index contributed by atoms with van der Waals surface area (Å²) < 4.78 is 0.443. The maximum Gasteiger partial charge on any atom is 0.311 e. The number of carbonyl (C=O) groups excluding carboxylic acids is 1. The van der Waals surface area contributed by atoms with Crippen LogP contribution in [0.15, 0.2) is 24.3 Å². The first-order chi connectivity index (χ1) is 8.97. The van der Waals surface area contributed by atoms with Crippen LogP contribution < -0.4 is 5.32 Å². The van der Waals surface area contributed by atoms with Gasteiger partial charge in [0.2, 0.25) is 5.82 Å². The van der Waals surface area contributed by atoms with E-state index in [2.05, 4.69) is 10.3 Å². The van der Waals surface area contributed by atoms with Crippen LogP contribution in [-0.2, 0) is 0 Å². The maximum absolute atomic E-state index is 11.8. The van der Waals surface area contributed by atoms with Crippen LogP contribution in [0.3, 0.4) is 0 Å². The van der Waals surface area contributed by atoms with Crippen LogP contribution in [0.4, 0.5) is 11.5 Å². The van der Waals surface area contributed by atoms with Crippen LogP contribution in [0.2, 0.25) is 9.49 Å². The first kappa shape index (κ1) is 13.7. The molecule has 0 saturated heterocycles. The molecule has 2 heterocycles. The minimum atomic E-state index is -0.652. The molecule has 0 fully saturated rings. The highest BCUT2D eigenvalue weighted by molar-refractivity contribution is 7.18. The van der Waals surface area contributed by atoms with E-state index < -0.39 is 10.8 Å². The number of hydrogen-bond donors (Lipinski definition) is 1. The summed E-state index contributed by atoms with van der Waals surface area (Å²) in [5.74, 6) is -0.734. The number of pyridine rings is 1. The van der Waals surface area contributed by atoms with Gasteiger partial charge in [-0.3, -0.25) is 14.9 Å². The lowest BCUT2D eigenvalue weighted by Crippen LogP contribution is -2.13. The third-order valence-electron chi connectivity index (χ3n) is 2.07. The molecule has 0 unspecified atom stereocenters. The van der Waals surface area contributed by atoms with Gasteiger partial charge >= 0.3 is 5.69 Å². The lowest BCUT2D eigenvalue weighted by molar-refractivity contribution is -0.384. The topological polar surface area (TPSA) is 85.1 Å². The minimum absolute atomic E-state index is 0.0464. The number of nitrogens with zero attached hydrogens (tertiary/aromatic N) is 2. The molecule has 0 aliphatic heterocycles. The second-order valence-electron chi connectivity index (χ2n) is 3.32. The third kappa shape index (κ3) is 3.19. The van der Waals surface area contributed by atoms with Crippen molar-refractivity contribution in [3.8, 4) is 0 Å². The molecule has 0 atom stereocenters. The Kier molecular flexibility index (Phi) is 3.98. The normalized spacial score (nSPS) is 10.2. The fraction of sp³-hybridized carbons (Fsp3) is 0. The average molecular weight is 318 g/mol. The highest BCUT2D eigenvalue weighted by atomic mass is 35.5. The Morgan fingerprint density at radius 3 is 2.63 bits per heavy atom. The largest absolute Gasteiger partial charge is 0.311 e. The zero-order valence-electron chi connectivity index (χ0n) is 9.09. The second-order valence-corrected chi connectivity index (χ2v) is 5.42. The molecular weight excluding hydrogens is 313 g/mol. The van der Waals surface area contributed by atoms with Crippen molar-refractivity contribution in [1.82, 2.24) is 4.98 Å². The van der Waals surface area contributed by atoms with E-state index in [9.17, 15) is 14.9 Å². The SMILES string of the molecule is O=C(Nc1nc(Cl)ccc1[N+](=O)[O-])c1ccc(Cl)s1. The summed E-state index contributed by atoms with van der Waals surface area (Å²) in [7, 11) is 0. The number of halogens is 2. The molecule has 0 aliphatic carbocycles. The Labute approximate surface area is 121 Å². The number of carbonyl (C=O) groups is 1. The fourth-order valence-corrected chi connectivity index (χ4v) is 2.36. The summed E-state index contributed by atoms with van der Waals surface area (Å²) in [6, 6.07) is 5.52. The first-order valence-electron chi connectivity index (χ1n) is 4.85. The fourth-order valence-electron chi connectivity index (χ4n) is 1.27. The molecule has 0 radical (unpaired) electrons. The number of aromatic nitrogens is 1. The van der Waals surface area contributed by atoms with Crippen LogP contribution in [0.25, 0.3) is 0 Å². The number of thiophene rings is 1. The van der Waals surface area contributed by atoms with E-state index in [1.165, 1.54) is 18.2 Å². The molecule has 0 aromatic carbocycles. The number of amides is 1. The predicted molar refractivity (Wildman–Crippen MR) is 73.2 cm³/mol. The van der Waals surface area contributed by atoms with Crippen molar-refractivity contribution in [2.75, 3.05) is 5.32 Å². The van der Waals surface area contributed by atoms with Crippen molar-refractivity contribution in [2.24, 2.45) is 0 Å². The van der Waals surface area contributed by atoms with Crippen LogP contribution in [0.1, 0.15) is 9.67 Å². The van der Waals surface area contributed by atoms with Crippen molar-refractivity contribution in [3.05, 3.63) is 48.7 Å². The van der Waals surface area contributed by atoms with Gasteiger partial charge in [0, 0.05) is 6.07 Å². The van der Waals surface area contributed by atoms with Crippen molar-refractivity contribution in [2.45, 2.75) is 0 Å². The quantitative estimate of drug-likeness (QED) is 0.532. The molecule has 0 spiro atoms. The Balaban J connectivity index is 2.30. The Hall–Kier alpha value is -1.70. The molecule has 2 rings (SSSR count). The molecule has 0 bridgehead atoms. The molecule has 6 nitrogen and oxygen atoms in total. The number of anilines is 1. The zero-order chi connectivity index (χ0) is 14.0. The van der Waals surface area contributed by atoms with Crippen LogP contribution in [-0.4, -0.2) is 15.8 Å². The minimum Gasteiger partial charge on any atom is -0.300 e. The summed E-state index contributed by atoms with van der Waals surface area (Å²) in [6.07, 6.45) is 0. The van der Waals surface area contributed by atoms with E-state index in [1.54, 1.807) is 6.07 Å². The second kappa shape index (κ2) is 5.52. The molecule has 0 saturated carbocycles. The number of nitrogens with one attached hydrogen (secondary N) is 1. The van der Waals surface area contributed by atoms with E-state index in [1.807, 2.05) is 0 Å². The van der Waals surface area contributed by atoms with Crippen LogP contribution in [0.5, 0.6) is 0 Å². The van der Waals surface area contributed by atoms with Gasteiger partial charge in [0.05, 0.1) is 14.1 Å². The van der Waals surface area contributed by atoms with Gasteiger partial charge in [0.15, 0.2) is 0 Å². The smallest absolute Gasteiger partial charge is 0.300 e. The van der Waals surface area contributed by atoms with Gasteiger partial charge in [0.25, 0.3) is 5.91 Å². The Bertz CT molecular complexity index is 659. The Morgan fingerprint density at radius 1 is 1.32 bits per heavy atom. The van der Waals surface area contributed by atoms with Gasteiger partial charge in [-0.1, -0.05) is 23.2 Å². The van der Waals surface area contributed by atoms with Gasteiger partial charge in [-0.05, 0) is 18.2 Å². The highest BCUT2D eigenvalue weighted by Gasteiger charge is 2.19. The van der Waals surface area contributed by atoms with Gasteiger partial charge in [-0.25, -0.2) is 4.98 Å². The third-order valence-corrected chi connectivity index (χ3v) is 3.51. The van der Waals surface area contributed by atoms with Crippen LogP contribution in [0, 0.1) is 10.1 Å². The maximum atomic E-state index is 11.8. The van der Waals surface area contributed by atoms with E-state index in [0.29, 0.717) is 9.21 Å². The van der Waals surface area contributed by atoms with E-state index >= 15 is 0 Å². The molecule has 2 aromatic rings. The summed E-state index contributed by atoms with van der Waals surface area (Å²) in [5, 5.41) is 13.2. The molecule has 2 aromatic heterocycles. The molecule has 98 valence electrons.